The van der Waals surface area contributed by atoms with Gasteiger partial charge >= 0.3 is 6.09 Å². The number of hydrogen-bond donors (Lipinski definition) is 2. The predicted molar refractivity (Wildman–Crippen MR) is 188 cm³/mol. The van der Waals surface area contributed by atoms with Gasteiger partial charge < -0.3 is 34.1 Å². The van der Waals surface area contributed by atoms with E-state index >= 15 is 0 Å². The quantitative estimate of drug-likeness (QED) is 0.333. The van der Waals surface area contributed by atoms with Gasteiger partial charge in [-0.05, 0) is 112 Å². The molecule has 280 valence electrons. The second-order valence-electron chi connectivity index (χ2n) is 19.3. The summed E-state index contributed by atoms with van der Waals surface area (Å²) in [5.74, 6) is 1.62. The van der Waals surface area contributed by atoms with Gasteiger partial charge in [0.25, 0.3) is 0 Å². The number of nitrogens with zero attached hydrogens (tertiary/aromatic N) is 2. The van der Waals surface area contributed by atoms with Crippen LogP contribution >= 0.6 is 0 Å². The lowest BCUT2D eigenvalue weighted by atomic mass is 9.41. The molecule has 0 radical (unpaired) electrons. The zero-order valence-electron chi connectivity index (χ0n) is 32.1. The number of piperazine rings is 1. The lowest BCUT2D eigenvalue weighted by Gasteiger charge is -2.63. The molecule has 9 nitrogen and oxygen atoms in total. The van der Waals surface area contributed by atoms with Crippen LogP contribution in [0.25, 0.3) is 0 Å². The fourth-order valence-corrected chi connectivity index (χ4v) is 14.2. The standard InChI is InChI=1S/C40H68N2O7/c1-10-47-33(36(5,6)45)26-23-25(2)30-31(48-26)32(43)38(8)28-12-11-27-35(3,4)29(13-14-39(27)24-40(28,39)16-15-37(30,38)7)49-34(44)42-19-17-41(18-20-42)21-22-46-9/h25-33,43,45H,10-24H2,1-9H3. The Kier molecular flexibility index (Phi) is 9.13. The summed E-state index contributed by atoms with van der Waals surface area (Å²) in [7, 11) is 1.73. The number of hydrogen-bond acceptors (Lipinski definition) is 8. The van der Waals surface area contributed by atoms with Crippen LogP contribution in [0, 0.1) is 50.7 Å². The highest BCUT2D eigenvalue weighted by molar-refractivity contribution is 5.68. The Hall–Kier alpha value is -0.970. The summed E-state index contributed by atoms with van der Waals surface area (Å²) in [5.41, 5.74) is -0.870. The van der Waals surface area contributed by atoms with E-state index in [-0.39, 0.29) is 57.4 Å². The molecule has 2 heterocycles. The Morgan fingerprint density at radius 3 is 2.33 bits per heavy atom. The van der Waals surface area contributed by atoms with Crippen molar-refractivity contribution < 1.29 is 34.0 Å². The van der Waals surface area contributed by atoms with Gasteiger partial charge in [0.15, 0.2) is 0 Å². The molecule has 2 N–H and O–H groups in total. The summed E-state index contributed by atoms with van der Waals surface area (Å²) in [4.78, 5) is 17.8. The number of fused-ring (bicyclic) bond motifs is 4. The fraction of sp³-hybridized carbons (Fsp3) is 0.975. The smallest absolute Gasteiger partial charge is 0.410 e. The molecule has 7 aliphatic rings. The maximum atomic E-state index is 13.5. The van der Waals surface area contributed by atoms with E-state index in [0.29, 0.717) is 37.5 Å². The Labute approximate surface area is 296 Å². The van der Waals surface area contributed by atoms with Crippen molar-refractivity contribution in [2.75, 3.05) is 53.0 Å². The van der Waals surface area contributed by atoms with Gasteiger partial charge in [-0.3, -0.25) is 4.90 Å². The monoisotopic (exact) mass is 689 g/mol. The molecule has 5 saturated carbocycles. The Bertz CT molecular complexity index is 1250. The molecule has 0 aromatic carbocycles. The fourth-order valence-electron chi connectivity index (χ4n) is 14.2. The molecule has 2 spiro atoms. The minimum absolute atomic E-state index is 0.0142. The van der Waals surface area contributed by atoms with E-state index < -0.39 is 17.8 Å². The molecule has 13 unspecified atom stereocenters. The number of carbonyl (C=O) groups is 1. The van der Waals surface area contributed by atoms with Crippen LogP contribution in [-0.4, -0.2) is 115 Å². The minimum Gasteiger partial charge on any atom is -0.446 e. The van der Waals surface area contributed by atoms with Crippen molar-refractivity contribution >= 4 is 6.09 Å². The Morgan fingerprint density at radius 1 is 1.00 bits per heavy atom. The lowest BCUT2D eigenvalue weighted by molar-refractivity contribution is -0.215. The summed E-state index contributed by atoms with van der Waals surface area (Å²) < 4.78 is 24.8. The van der Waals surface area contributed by atoms with Gasteiger partial charge in [-0.1, -0.05) is 34.6 Å². The third-order valence-corrected chi connectivity index (χ3v) is 16.6. The number of rotatable bonds is 8. The molecule has 7 rings (SSSR count). The second-order valence-corrected chi connectivity index (χ2v) is 19.3. The molecule has 49 heavy (non-hydrogen) atoms. The first-order valence-electron chi connectivity index (χ1n) is 19.9. The molecular formula is C40H68N2O7. The topological polar surface area (TPSA) is 101 Å². The van der Waals surface area contributed by atoms with Gasteiger partial charge in [0, 0.05) is 57.3 Å². The van der Waals surface area contributed by atoms with Crippen molar-refractivity contribution in [3.8, 4) is 0 Å². The van der Waals surface area contributed by atoms with Crippen molar-refractivity contribution in [2.24, 2.45) is 50.7 Å². The number of amides is 1. The van der Waals surface area contributed by atoms with Gasteiger partial charge in [-0.25, -0.2) is 4.79 Å². The van der Waals surface area contributed by atoms with Crippen LogP contribution in [0.4, 0.5) is 4.79 Å². The Morgan fingerprint density at radius 2 is 1.67 bits per heavy atom. The van der Waals surface area contributed by atoms with Gasteiger partial charge in [-0.15, -0.1) is 0 Å². The number of aliphatic hydroxyl groups excluding tert-OH is 1. The first kappa shape index (κ1) is 36.4. The van der Waals surface area contributed by atoms with Crippen molar-refractivity contribution in [2.45, 2.75) is 143 Å². The third kappa shape index (κ3) is 5.15. The molecule has 0 aromatic rings. The van der Waals surface area contributed by atoms with E-state index in [2.05, 4.69) is 39.5 Å². The number of carbonyl (C=O) groups excluding carboxylic acids is 1. The SMILES string of the molecule is CCOC(C1CC(C)C2C(O1)C(O)C1(C)C3CCC4C(C)(C)C(OC(=O)N5CCN(CCOC)CC5)CCC45CC35CCC21C)C(C)(C)O. The molecule has 1 amide bonds. The zero-order chi connectivity index (χ0) is 35.4. The van der Waals surface area contributed by atoms with Crippen LogP contribution in [0.15, 0.2) is 0 Å². The van der Waals surface area contributed by atoms with Crippen molar-refractivity contribution in [3.63, 3.8) is 0 Å². The highest BCUT2D eigenvalue weighted by Crippen LogP contribution is 2.89. The molecule has 0 aromatic heterocycles. The van der Waals surface area contributed by atoms with E-state index in [1.807, 2.05) is 25.7 Å². The van der Waals surface area contributed by atoms with Gasteiger partial charge in [0.2, 0.25) is 0 Å². The normalized spacial score (nSPS) is 48.0. The van der Waals surface area contributed by atoms with E-state index in [4.69, 9.17) is 18.9 Å². The molecule has 5 aliphatic carbocycles. The van der Waals surface area contributed by atoms with Crippen LogP contribution in [0.2, 0.25) is 0 Å². The van der Waals surface area contributed by atoms with Crippen molar-refractivity contribution in [3.05, 3.63) is 0 Å². The summed E-state index contributed by atoms with van der Waals surface area (Å²) in [6.07, 6.45) is 7.06. The first-order valence-corrected chi connectivity index (χ1v) is 19.9. The maximum Gasteiger partial charge on any atom is 0.410 e. The molecule has 7 fully saturated rings. The van der Waals surface area contributed by atoms with Crippen LogP contribution < -0.4 is 0 Å². The first-order chi connectivity index (χ1) is 23.0. The van der Waals surface area contributed by atoms with Gasteiger partial charge in [-0.2, -0.15) is 0 Å². The summed E-state index contributed by atoms with van der Waals surface area (Å²) in [6.45, 7) is 22.9. The van der Waals surface area contributed by atoms with Gasteiger partial charge in [0.05, 0.1) is 30.5 Å². The third-order valence-electron chi connectivity index (χ3n) is 16.6. The average molecular weight is 689 g/mol. The highest BCUT2D eigenvalue weighted by atomic mass is 16.6. The minimum atomic E-state index is -1.03. The zero-order valence-corrected chi connectivity index (χ0v) is 32.1. The molecule has 13 atom stereocenters. The van der Waals surface area contributed by atoms with Crippen LogP contribution in [0.3, 0.4) is 0 Å². The van der Waals surface area contributed by atoms with Gasteiger partial charge in [0.1, 0.15) is 12.2 Å². The van der Waals surface area contributed by atoms with E-state index in [1.54, 1.807) is 7.11 Å². The van der Waals surface area contributed by atoms with E-state index in [9.17, 15) is 15.0 Å². The lowest BCUT2D eigenvalue weighted by Crippen LogP contribution is -2.60. The molecular weight excluding hydrogens is 620 g/mol. The summed E-state index contributed by atoms with van der Waals surface area (Å²) >= 11 is 0. The van der Waals surface area contributed by atoms with E-state index in [1.165, 1.54) is 12.8 Å². The second kappa shape index (κ2) is 12.3. The summed E-state index contributed by atoms with van der Waals surface area (Å²) in [5, 5.41) is 23.7. The average Bonchev–Trinajstić information content (AvgIpc) is 3.68. The molecule has 9 heteroatoms. The summed E-state index contributed by atoms with van der Waals surface area (Å²) in [6, 6.07) is 0. The largest absolute Gasteiger partial charge is 0.446 e. The molecule has 2 saturated heterocycles. The highest BCUT2D eigenvalue weighted by Gasteiger charge is 2.84. The van der Waals surface area contributed by atoms with Crippen LogP contribution in [0.5, 0.6) is 0 Å². The molecule has 2 aliphatic heterocycles. The van der Waals surface area contributed by atoms with Crippen molar-refractivity contribution in [1.29, 1.82) is 0 Å². The van der Waals surface area contributed by atoms with E-state index in [0.717, 1.165) is 64.8 Å². The van der Waals surface area contributed by atoms with Crippen molar-refractivity contribution in [1.82, 2.24) is 9.80 Å². The number of ether oxygens (including phenoxy) is 4. The number of methoxy groups -OCH3 is 1. The Balaban J connectivity index is 1.08. The number of aliphatic hydroxyl groups is 2. The molecule has 0 bridgehead atoms. The van der Waals surface area contributed by atoms with Crippen LogP contribution in [-0.2, 0) is 18.9 Å². The van der Waals surface area contributed by atoms with Crippen LogP contribution in [0.1, 0.15) is 107 Å². The predicted octanol–water partition coefficient (Wildman–Crippen LogP) is 5.75. The maximum absolute atomic E-state index is 13.5.